The molecule has 14 heavy (non-hydrogen) atoms. The molecule has 0 aromatic carbocycles. The highest BCUT2D eigenvalue weighted by molar-refractivity contribution is 8.13. The van der Waals surface area contributed by atoms with Gasteiger partial charge in [-0.3, -0.25) is 0 Å². The fourth-order valence-electron chi connectivity index (χ4n) is 1.17. The standard InChI is InChI=1S/C9H13ClO3S/c1-2-3-4-5-8-6-7-9(13-8)14(10,11)12/h6-7H,2-5H2,1H3. The molecule has 0 fully saturated rings. The Morgan fingerprint density at radius 1 is 1.36 bits per heavy atom. The molecule has 0 saturated carbocycles. The molecule has 80 valence electrons. The van der Waals surface area contributed by atoms with Crippen LogP contribution in [0.25, 0.3) is 0 Å². The average Bonchev–Trinajstić information content (AvgIpc) is 2.52. The third-order valence-corrected chi connectivity index (χ3v) is 3.06. The third kappa shape index (κ3) is 3.35. The van der Waals surface area contributed by atoms with Gasteiger partial charge in [0.25, 0.3) is 9.05 Å². The quantitative estimate of drug-likeness (QED) is 0.583. The molecule has 5 heteroatoms. The van der Waals surface area contributed by atoms with Crippen LogP contribution < -0.4 is 0 Å². The molecule has 1 aromatic heterocycles. The van der Waals surface area contributed by atoms with Crippen LogP contribution in [0.3, 0.4) is 0 Å². The highest BCUT2D eigenvalue weighted by Crippen LogP contribution is 2.19. The van der Waals surface area contributed by atoms with Crippen molar-refractivity contribution in [2.75, 3.05) is 0 Å². The molecule has 0 spiro atoms. The number of rotatable bonds is 5. The largest absolute Gasteiger partial charge is 0.448 e. The summed E-state index contributed by atoms with van der Waals surface area (Å²) in [6.07, 6.45) is 4.01. The van der Waals surface area contributed by atoms with Crippen LogP contribution in [0.2, 0.25) is 0 Å². The van der Waals surface area contributed by atoms with Gasteiger partial charge in [0.15, 0.2) is 0 Å². The second kappa shape index (κ2) is 4.84. The van der Waals surface area contributed by atoms with E-state index in [2.05, 4.69) is 6.92 Å². The van der Waals surface area contributed by atoms with Crippen LogP contribution in [0.15, 0.2) is 21.6 Å². The zero-order valence-corrected chi connectivity index (χ0v) is 9.57. The maximum absolute atomic E-state index is 10.8. The maximum Gasteiger partial charge on any atom is 0.294 e. The van der Waals surface area contributed by atoms with Gasteiger partial charge in [-0.1, -0.05) is 19.8 Å². The molecule has 0 aliphatic carbocycles. The van der Waals surface area contributed by atoms with Gasteiger partial charge in [0.05, 0.1) is 0 Å². The SMILES string of the molecule is CCCCCc1ccc(S(=O)(=O)Cl)o1. The minimum absolute atomic E-state index is 0.161. The van der Waals surface area contributed by atoms with E-state index in [0.29, 0.717) is 5.76 Å². The lowest BCUT2D eigenvalue weighted by Crippen LogP contribution is -1.86. The van der Waals surface area contributed by atoms with E-state index in [1.807, 2.05) is 0 Å². The first-order valence-corrected chi connectivity index (χ1v) is 6.88. The molecule has 1 aromatic rings. The van der Waals surface area contributed by atoms with Crippen molar-refractivity contribution in [2.45, 2.75) is 37.7 Å². The number of aryl methyl sites for hydroxylation is 1. The van der Waals surface area contributed by atoms with Crippen molar-refractivity contribution in [3.8, 4) is 0 Å². The summed E-state index contributed by atoms with van der Waals surface area (Å²) < 4.78 is 26.8. The van der Waals surface area contributed by atoms with Gasteiger partial charge < -0.3 is 4.42 Å². The van der Waals surface area contributed by atoms with Crippen LogP contribution in [0.5, 0.6) is 0 Å². The minimum atomic E-state index is -3.71. The van der Waals surface area contributed by atoms with Gasteiger partial charge in [0.1, 0.15) is 5.76 Å². The van der Waals surface area contributed by atoms with Crippen LogP contribution in [-0.2, 0) is 15.5 Å². The molecule has 0 N–H and O–H groups in total. The molecule has 0 radical (unpaired) electrons. The Balaban J connectivity index is 2.60. The molecule has 1 rings (SSSR count). The fourth-order valence-corrected chi connectivity index (χ4v) is 1.86. The summed E-state index contributed by atoms with van der Waals surface area (Å²) in [5, 5.41) is -0.161. The maximum atomic E-state index is 10.8. The van der Waals surface area contributed by atoms with Crippen LogP contribution in [-0.4, -0.2) is 8.42 Å². The van der Waals surface area contributed by atoms with E-state index in [1.54, 1.807) is 6.07 Å². The Bertz CT molecular complexity index is 381. The van der Waals surface area contributed by atoms with Crippen molar-refractivity contribution in [1.82, 2.24) is 0 Å². The molecule has 0 aliphatic rings. The molecule has 0 unspecified atom stereocenters. The summed E-state index contributed by atoms with van der Waals surface area (Å²) >= 11 is 0. The lowest BCUT2D eigenvalue weighted by molar-refractivity contribution is 0.412. The monoisotopic (exact) mass is 236 g/mol. The van der Waals surface area contributed by atoms with Crippen molar-refractivity contribution < 1.29 is 12.8 Å². The number of hydrogen-bond acceptors (Lipinski definition) is 3. The Morgan fingerprint density at radius 2 is 2.07 bits per heavy atom. The van der Waals surface area contributed by atoms with Crippen molar-refractivity contribution in [3.63, 3.8) is 0 Å². The molecule has 0 aliphatic heterocycles. The highest BCUT2D eigenvalue weighted by Gasteiger charge is 2.14. The molecule has 0 atom stereocenters. The Kier molecular flexibility index (Phi) is 4.01. The van der Waals surface area contributed by atoms with E-state index in [9.17, 15) is 8.42 Å². The van der Waals surface area contributed by atoms with Crippen molar-refractivity contribution in [2.24, 2.45) is 0 Å². The van der Waals surface area contributed by atoms with Crippen molar-refractivity contribution in [1.29, 1.82) is 0 Å². The van der Waals surface area contributed by atoms with Gasteiger partial charge in [-0.15, -0.1) is 0 Å². The summed E-state index contributed by atoms with van der Waals surface area (Å²) in [7, 11) is 1.40. The molecular formula is C9H13ClO3S. The van der Waals surface area contributed by atoms with Crippen LogP contribution in [0.1, 0.15) is 31.9 Å². The lowest BCUT2D eigenvalue weighted by Gasteiger charge is -1.94. The summed E-state index contributed by atoms with van der Waals surface area (Å²) in [6.45, 7) is 2.11. The highest BCUT2D eigenvalue weighted by atomic mass is 35.7. The predicted molar refractivity (Wildman–Crippen MR) is 55.0 cm³/mol. The van der Waals surface area contributed by atoms with Crippen molar-refractivity contribution in [3.05, 3.63) is 17.9 Å². The van der Waals surface area contributed by atoms with E-state index in [4.69, 9.17) is 15.1 Å². The number of halogens is 1. The molecule has 1 heterocycles. The van der Waals surface area contributed by atoms with E-state index < -0.39 is 9.05 Å². The first-order chi connectivity index (χ1) is 6.54. The average molecular weight is 237 g/mol. The Labute approximate surface area is 88.5 Å². The van der Waals surface area contributed by atoms with Gasteiger partial charge >= 0.3 is 0 Å². The van der Waals surface area contributed by atoms with E-state index in [-0.39, 0.29) is 5.09 Å². The third-order valence-electron chi connectivity index (χ3n) is 1.90. The first kappa shape index (κ1) is 11.6. The van der Waals surface area contributed by atoms with E-state index in [1.165, 1.54) is 6.07 Å². The first-order valence-electron chi connectivity index (χ1n) is 4.57. The number of hydrogen-bond donors (Lipinski definition) is 0. The van der Waals surface area contributed by atoms with E-state index in [0.717, 1.165) is 25.7 Å². The molecular weight excluding hydrogens is 224 g/mol. The van der Waals surface area contributed by atoms with Crippen LogP contribution >= 0.6 is 10.7 Å². The second-order valence-corrected chi connectivity index (χ2v) is 5.61. The smallest absolute Gasteiger partial charge is 0.294 e. The van der Waals surface area contributed by atoms with Crippen LogP contribution in [0, 0.1) is 0 Å². The van der Waals surface area contributed by atoms with Crippen molar-refractivity contribution >= 4 is 19.7 Å². The second-order valence-electron chi connectivity index (χ2n) is 3.12. The van der Waals surface area contributed by atoms with E-state index >= 15 is 0 Å². The summed E-state index contributed by atoms with van der Waals surface area (Å²) in [4.78, 5) is 0. The minimum Gasteiger partial charge on any atom is -0.448 e. The normalized spacial score (nSPS) is 11.9. The van der Waals surface area contributed by atoms with Gasteiger partial charge in [0, 0.05) is 17.1 Å². The molecule has 0 bridgehead atoms. The van der Waals surface area contributed by atoms with Crippen LogP contribution in [0.4, 0.5) is 0 Å². The molecule has 3 nitrogen and oxygen atoms in total. The predicted octanol–water partition coefficient (Wildman–Crippen LogP) is 2.94. The fraction of sp³-hybridized carbons (Fsp3) is 0.556. The Hall–Kier alpha value is -0.480. The summed E-state index contributed by atoms with van der Waals surface area (Å²) in [5.41, 5.74) is 0. The van der Waals surface area contributed by atoms with Gasteiger partial charge in [-0.25, -0.2) is 8.42 Å². The number of furan rings is 1. The molecule has 0 amide bonds. The topological polar surface area (TPSA) is 47.3 Å². The summed E-state index contributed by atoms with van der Waals surface area (Å²) in [5.74, 6) is 0.678. The zero-order chi connectivity index (χ0) is 10.6. The zero-order valence-electron chi connectivity index (χ0n) is 7.99. The Morgan fingerprint density at radius 3 is 2.57 bits per heavy atom. The summed E-state index contributed by atoms with van der Waals surface area (Å²) in [6, 6.07) is 3.05. The van der Waals surface area contributed by atoms with Gasteiger partial charge in [-0.05, 0) is 18.6 Å². The molecule has 0 saturated heterocycles. The number of unbranched alkanes of at least 4 members (excludes halogenated alkanes) is 2. The lowest BCUT2D eigenvalue weighted by atomic mass is 10.2. The van der Waals surface area contributed by atoms with Gasteiger partial charge in [0.2, 0.25) is 5.09 Å². The van der Waals surface area contributed by atoms with Gasteiger partial charge in [-0.2, -0.15) is 0 Å².